The minimum Gasteiger partial charge on any atom is -0.393 e. The van der Waals surface area contributed by atoms with Gasteiger partial charge in [0.25, 0.3) is 0 Å². The summed E-state index contributed by atoms with van der Waals surface area (Å²) in [7, 11) is 2.03. The summed E-state index contributed by atoms with van der Waals surface area (Å²) >= 11 is 0. The first kappa shape index (κ1) is 16.9. The molecular formula is C21H35NO2. The van der Waals surface area contributed by atoms with Crippen molar-refractivity contribution in [1.29, 1.82) is 0 Å². The van der Waals surface area contributed by atoms with E-state index in [9.17, 15) is 9.90 Å². The van der Waals surface area contributed by atoms with Crippen LogP contribution in [-0.4, -0.2) is 35.1 Å². The maximum absolute atomic E-state index is 12.2. The van der Waals surface area contributed by atoms with E-state index in [1.807, 2.05) is 7.05 Å². The first-order chi connectivity index (χ1) is 11.3. The van der Waals surface area contributed by atoms with Crippen molar-refractivity contribution in [2.24, 2.45) is 34.5 Å². The number of rotatable bonds is 1. The Morgan fingerprint density at radius 3 is 2.62 bits per heavy atom. The number of carbonyl (C=O) groups excluding carboxylic acids is 1. The SMILES string of the molecule is CCC1CC(O)[C@@]2(C)CC[C@@H]3[C@@H](CCC4N(C)C(=O)CC[C@@]43C)[C@H]12. The normalized spacial score (nSPS) is 54.2. The number of hydrogen-bond acceptors (Lipinski definition) is 2. The summed E-state index contributed by atoms with van der Waals surface area (Å²) in [6.45, 7) is 7.17. The van der Waals surface area contributed by atoms with Crippen LogP contribution >= 0.6 is 0 Å². The Bertz CT molecular complexity index is 534. The van der Waals surface area contributed by atoms with Crippen LogP contribution < -0.4 is 0 Å². The monoisotopic (exact) mass is 333 g/mol. The van der Waals surface area contributed by atoms with Crippen molar-refractivity contribution in [1.82, 2.24) is 4.90 Å². The Kier molecular flexibility index (Phi) is 3.84. The van der Waals surface area contributed by atoms with Crippen molar-refractivity contribution >= 4 is 5.91 Å². The van der Waals surface area contributed by atoms with Gasteiger partial charge in [0.15, 0.2) is 0 Å². The minimum absolute atomic E-state index is 0.102. The van der Waals surface area contributed by atoms with Crippen LogP contribution in [0.25, 0.3) is 0 Å². The highest BCUT2D eigenvalue weighted by atomic mass is 16.3. The van der Waals surface area contributed by atoms with Gasteiger partial charge in [0.05, 0.1) is 6.10 Å². The molecule has 3 nitrogen and oxygen atoms in total. The molecule has 1 saturated heterocycles. The van der Waals surface area contributed by atoms with E-state index in [2.05, 4.69) is 25.7 Å². The number of nitrogens with zero attached hydrogens (tertiary/aromatic N) is 1. The van der Waals surface area contributed by atoms with E-state index in [0.717, 1.165) is 31.1 Å². The molecule has 4 aliphatic rings. The molecule has 3 saturated carbocycles. The molecule has 3 aliphatic carbocycles. The molecule has 1 aliphatic heterocycles. The maximum Gasteiger partial charge on any atom is 0.222 e. The molecule has 0 aromatic carbocycles. The number of amides is 1. The molecular weight excluding hydrogens is 298 g/mol. The summed E-state index contributed by atoms with van der Waals surface area (Å²) < 4.78 is 0. The summed E-state index contributed by atoms with van der Waals surface area (Å²) in [5.41, 5.74) is 0.431. The molecule has 0 bridgehead atoms. The second-order valence-corrected chi connectivity index (χ2v) is 9.86. The van der Waals surface area contributed by atoms with Crippen molar-refractivity contribution < 1.29 is 9.90 Å². The van der Waals surface area contributed by atoms with E-state index in [1.165, 1.54) is 32.1 Å². The summed E-state index contributed by atoms with van der Waals surface area (Å²) in [5.74, 6) is 3.23. The number of likely N-dealkylation sites (tertiary alicyclic amines) is 1. The third-order valence-electron chi connectivity index (χ3n) is 9.17. The standard InChI is InChI=1S/C21H35NO2/c1-5-13-12-17(23)21(3)10-8-15-14(19(13)21)6-7-16-20(15,2)11-9-18(24)22(16)4/h13-17,19,23H,5-12H2,1-4H3/t13?,14-,15-,16?,17?,19+,20-,21-/m1/s1. The van der Waals surface area contributed by atoms with Crippen LogP contribution in [0.4, 0.5) is 0 Å². The molecule has 8 atom stereocenters. The molecule has 3 heteroatoms. The second kappa shape index (κ2) is 5.46. The molecule has 4 rings (SSSR count). The van der Waals surface area contributed by atoms with Crippen molar-refractivity contribution in [3.63, 3.8) is 0 Å². The lowest BCUT2D eigenvalue weighted by Crippen LogP contribution is -2.61. The highest BCUT2D eigenvalue weighted by molar-refractivity contribution is 5.77. The summed E-state index contributed by atoms with van der Waals surface area (Å²) in [5, 5.41) is 10.8. The van der Waals surface area contributed by atoms with Crippen LogP contribution in [0, 0.1) is 34.5 Å². The predicted molar refractivity (Wildman–Crippen MR) is 95.3 cm³/mol. The lowest BCUT2D eigenvalue weighted by atomic mass is 9.46. The zero-order chi connectivity index (χ0) is 17.3. The lowest BCUT2D eigenvalue weighted by molar-refractivity contribution is -0.161. The molecule has 0 aromatic heterocycles. The van der Waals surface area contributed by atoms with Gasteiger partial charge in [-0.1, -0.05) is 27.2 Å². The van der Waals surface area contributed by atoms with Gasteiger partial charge in [-0.3, -0.25) is 4.79 Å². The Balaban J connectivity index is 1.68. The van der Waals surface area contributed by atoms with E-state index in [4.69, 9.17) is 0 Å². The number of fused-ring (bicyclic) bond motifs is 5. The summed E-state index contributed by atoms with van der Waals surface area (Å²) in [6.07, 6.45) is 8.77. The molecule has 1 amide bonds. The van der Waals surface area contributed by atoms with Gasteiger partial charge in [0.1, 0.15) is 0 Å². The van der Waals surface area contributed by atoms with Crippen LogP contribution in [0.3, 0.4) is 0 Å². The fourth-order valence-corrected chi connectivity index (χ4v) is 7.83. The Hall–Kier alpha value is -0.570. The van der Waals surface area contributed by atoms with E-state index < -0.39 is 0 Å². The fraction of sp³-hybridized carbons (Fsp3) is 0.952. The van der Waals surface area contributed by atoms with Crippen molar-refractivity contribution in [3.8, 4) is 0 Å². The third kappa shape index (κ3) is 2.03. The predicted octanol–water partition coefficient (Wildman–Crippen LogP) is 3.85. The molecule has 3 unspecified atom stereocenters. The van der Waals surface area contributed by atoms with Gasteiger partial charge >= 0.3 is 0 Å². The number of carbonyl (C=O) groups is 1. The highest BCUT2D eigenvalue weighted by Gasteiger charge is 2.62. The fourth-order valence-electron chi connectivity index (χ4n) is 7.83. The van der Waals surface area contributed by atoms with Crippen LogP contribution in [0.2, 0.25) is 0 Å². The average Bonchev–Trinajstić information content (AvgIpc) is 2.82. The first-order valence-corrected chi connectivity index (χ1v) is 10.3. The largest absolute Gasteiger partial charge is 0.393 e. The number of aliphatic hydroxyl groups is 1. The average molecular weight is 334 g/mol. The second-order valence-electron chi connectivity index (χ2n) is 9.86. The Morgan fingerprint density at radius 2 is 1.92 bits per heavy atom. The quantitative estimate of drug-likeness (QED) is 0.792. The highest BCUT2D eigenvalue weighted by Crippen LogP contribution is 2.66. The smallest absolute Gasteiger partial charge is 0.222 e. The molecule has 1 heterocycles. The molecule has 4 fully saturated rings. The van der Waals surface area contributed by atoms with Crippen LogP contribution in [0.1, 0.15) is 72.1 Å². The van der Waals surface area contributed by atoms with Crippen LogP contribution in [-0.2, 0) is 4.79 Å². The zero-order valence-electron chi connectivity index (χ0n) is 15.9. The molecule has 0 aromatic rings. The zero-order valence-corrected chi connectivity index (χ0v) is 15.9. The van der Waals surface area contributed by atoms with Gasteiger partial charge in [-0.2, -0.15) is 0 Å². The van der Waals surface area contributed by atoms with Crippen LogP contribution in [0.15, 0.2) is 0 Å². The van der Waals surface area contributed by atoms with E-state index in [0.29, 0.717) is 29.2 Å². The molecule has 0 spiro atoms. The van der Waals surface area contributed by atoms with Crippen molar-refractivity contribution in [3.05, 3.63) is 0 Å². The van der Waals surface area contributed by atoms with E-state index >= 15 is 0 Å². The first-order valence-electron chi connectivity index (χ1n) is 10.3. The molecule has 136 valence electrons. The van der Waals surface area contributed by atoms with Crippen molar-refractivity contribution in [2.75, 3.05) is 7.05 Å². The van der Waals surface area contributed by atoms with Gasteiger partial charge in [-0.15, -0.1) is 0 Å². The Morgan fingerprint density at radius 1 is 1.17 bits per heavy atom. The van der Waals surface area contributed by atoms with Gasteiger partial charge in [-0.25, -0.2) is 0 Å². The topological polar surface area (TPSA) is 40.5 Å². The summed E-state index contributed by atoms with van der Waals surface area (Å²) in [6, 6.07) is 0.441. The molecule has 1 N–H and O–H groups in total. The van der Waals surface area contributed by atoms with Gasteiger partial charge in [0, 0.05) is 19.5 Å². The van der Waals surface area contributed by atoms with Gasteiger partial charge in [-0.05, 0) is 73.0 Å². The minimum atomic E-state index is -0.102. The number of hydrogen-bond donors (Lipinski definition) is 1. The molecule has 0 radical (unpaired) electrons. The van der Waals surface area contributed by atoms with E-state index in [1.54, 1.807) is 0 Å². The number of aliphatic hydroxyl groups excluding tert-OH is 1. The van der Waals surface area contributed by atoms with Crippen LogP contribution in [0.5, 0.6) is 0 Å². The van der Waals surface area contributed by atoms with E-state index in [-0.39, 0.29) is 11.5 Å². The Labute approximate surface area is 147 Å². The van der Waals surface area contributed by atoms with Gasteiger partial charge < -0.3 is 10.0 Å². The van der Waals surface area contributed by atoms with Crippen molar-refractivity contribution in [2.45, 2.75) is 84.3 Å². The maximum atomic E-state index is 12.2. The lowest BCUT2D eigenvalue weighted by Gasteiger charge is -2.62. The third-order valence-corrected chi connectivity index (χ3v) is 9.17. The number of piperidine rings is 1. The molecule has 24 heavy (non-hydrogen) atoms. The summed E-state index contributed by atoms with van der Waals surface area (Å²) in [4.78, 5) is 14.3. The van der Waals surface area contributed by atoms with Gasteiger partial charge in [0.2, 0.25) is 5.91 Å².